The molecule has 0 saturated heterocycles. The fourth-order valence-electron chi connectivity index (χ4n) is 2.41. The molecule has 0 aliphatic rings. The molecule has 0 radical (unpaired) electrons. The number of terminal acetylenes is 1. The Morgan fingerprint density at radius 3 is 2.73 bits per heavy atom. The van der Waals surface area contributed by atoms with E-state index in [1.807, 2.05) is 6.92 Å². The second-order valence-electron chi connectivity index (χ2n) is 5.75. The largest absolute Gasteiger partial charge is 0.481 e. The van der Waals surface area contributed by atoms with E-state index in [4.69, 9.17) is 16.3 Å². The van der Waals surface area contributed by atoms with E-state index in [1.54, 1.807) is 18.2 Å². The van der Waals surface area contributed by atoms with Gasteiger partial charge in [-0.3, -0.25) is 0 Å². The van der Waals surface area contributed by atoms with Gasteiger partial charge in [0.05, 0.1) is 5.56 Å². The molecule has 3 nitrogen and oxygen atoms in total. The van der Waals surface area contributed by atoms with Gasteiger partial charge >= 0.3 is 5.97 Å². The van der Waals surface area contributed by atoms with Crippen molar-refractivity contribution < 1.29 is 23.4 Å². The fraction of sp³-hybridized carbons (Fsp3) is 0.190. The molecular weight excluding hydrogens is 338 g/mol. The van der Waals surface area contributed by atoms with Crippen molar-refractivity contribution in [3.63, 3.8) is 0 Å². The minimum Gasteiger partial charge on any atom is -0.481 e. The standard InChI is InChI=1S/C21H18F2O3/c1-3-12-26-19-13-16(9-8-15(19)2)10-11-21(22,23)14-17-6-4-5-7-18(17)20(24)25/h1,4-11,13H,12,14H2,2H3,(H,24,25)/b11-10+. The second kappa shape index (κ2) is 8.30. The van der Waals surface area contributed by atoms with E-state index in [0.29, 0.717) is 11.3 Å². The lowest BCUT2D eigenvalue weighted by Gasteiger charge is -2.14. The Kier molecular flexibility index (Phi) is 6.13. The van der Waals surface area contributed by atoms with Gasteiger partial charge in [0.1, 0.15) is 12.4 Å². The monoisotopic (exact) mass is 356 g/mol. The summed E-state index contributed by atoms with van der Waals surface area (Å²) in [5.41, 5.74) is 1.34. The first-order chi connectivity index (χ1) is 12.3. The smallest absolute Gasteiger partial charge is 0.335 e. The molecule has 0 heterocycles. The van der Waals surface area contributed by atoms with Gasteiger partial charge in [0.15, 0.2) is 0 Å². The van der Waals surface area contributed by atoms with Crippen molar-refractivity contribution in [1.82, 2.24) is 0 Å². The molecule has 0 bridgehead atoms. The molecule has 2 aromatic rings. The van der Waals surface area contributed by atoms with E-state index in [0.717, 1.165) is 11.6 Å². The van der Waals surface area contributed by atoms with Crippen molar-refractivity contribution in [2.45, 2.75) is 19.3 Å². The molecule has 0 atom stereocenters. The maximum atomic E-state index is 14.3. The van der Waals surface area contributed by atoms with Gasteiger partial charge in [0, 0.05) is 6.42 Å². The number of benzene rings is 2. The van der Waals surface area contributed by atoms with Crippen molar-refractivity contribution in [3.8, 4) is 18.1 Å². The number of ether oxygens (including phenoxy) is 1. The summed E-state index contributed by atoms with van der Waals surface area (Å²) in [5.74, 6) is -1.54. The average molecular weight is 356 g/mol. The summed E-state index contributed by atoms with van der Waals surface area (Å²) in [5, 5.41) is 9.11. The molecule has 2 rings (SSSR count). The van der Waals surface area contributed by atoms with Crippen LogP contribution in [0, 0.1) is 19.3 Å². The lowest BCUT2D eigenvalue weighted by molar-refractivity contribution is 0.0557. The Hall–Kier alpha value is -3.13. The van der Waals surface area contributed by atoms with Gasteiger partial charge in [-0.25, -0.2) is 13.6 Å². The van der Waals surface area contributed by atoms with Crippen LogP contribution in [0.15, 0.2) is 48.5 Å². The van der Waals surface area contributed by atoms with Crippen molar-refractivity contribution in [3.05, 3.63) is 70.8 Å². The highest BCUT2D eigenvalue weighted by molar-refractivity contribution is 5.89. The number of carboxylic acids is 1. The molecule has 0 fully saturated rings. The van der Waals surface area contributed by atoms with E-state index in [-0.39, 0.29) is 17.7 Å². The Bertz CT molecular complexity index is 864. The number of halogens is 2. The van der Waals surface area contributed by atoms with Gasteiger partial charge in [0.25, 0.3) is 5.92 Å². The summed E-state index contributed by atoms with van der Waals surface area (Å²) >= 11 is 0. The fourth-order valence-corrected chi connectivity index (χ4v) is 2.41. The number of alkyl halides is 2. The van der Waals surface area contributed by atoms with E-state index >= 15 is 0 Å². The minimum absolute atomic E-state index is 0.0802. The summed E-state index contributed by atoms with van der Waals surface area (Å²) in [6.07, 6.45) is 6.51. The lowest BCUT2D eigenvalue weighted by Crippen LogP contribution is -2.18. The van der Waals surface area contributed by atoms with Crippen molar-refractivity contribution in [2.75, 3.05) is 6.61 Å². The van der Waals surface area contributed by atoms with Crippen molar-refractivity contribution in [1.29, 1.82) is 0 Å². The van der Waals surface area contributed by atoms with E-state index in [2.05, 4.69) is 5.92 Å². The summed E-state index contributed by atoms with van der Waals surface area (Å²) in [4.78, 5) is 11.2. The summed E-state index contributed by atoms with van der Waals surface area (Å²) < 4.78 is 33.9. The maximum Gasteiger partial charge on any atom is 0.335 e. The van der Waals surface area contributed by atoms with Crippen LogP contribution in [-0.2, 0) is 6.42 Å². The molecular formula is C21H18F2O3. The van der Waals surface area contributed by atoms with Crippen LogP contribution in [0.3, 0.4) is 0 Å². The van der Waals surface area contributed by atoms with Gasteiger partial charge in [-0.05, 0) is 41.8 Å². The van der Waals surface area contributed by atoms with E-state index in [9.17, 15) is 13.6 Å². The molecule has 0 spiro atoms. The van der Waals surface area contributed by atoms with Crippen LogP contribution < -0.4 is 4.74 Å². The molecule has 26 heavy (non-hydrogen) atoms. The first-order valence-electron chi connectivity index (χ1n) is 7.87. The summed E-state index contributed by atoms with van der Waals surface area (Å²) in [6, 6.07) is 10.8. The third-order valence-electron chi connectivity index (χ3n) is 3.72. The Labute approximate surface area is 150 Å². The summed E-state index contributed by atoms with van der Waals surface area (Å²) in [7, 11) is 0. The van der Waals surface area contributed by atoms with Crippen LogP contribution in [0.25, 0.3) is 6.08 Å². The molecule has 0 aliphatic carbocycles. The molecule has 0 aliphatic heterocycles. The van der Waals surface area contributed by atoms with Crippen LogP contribution >= 0.6 is 0 Å². The number of carboxylic acid groups (broad SMARTS) is 1. The number of carbonyl (C=O) groups is 1. The Morgan fingerprint density at radius 1 is 1.31 bits per heavy atom. The quantitative estimate of drug-likeness (QED) is 0.738. The molecule has 134 valence electrons. The molecule has 1 N–H and O–H groups in total. The van der Waals surface area contributed by atoms with E-state index < -0.39 is 18.3 Å². The predicted molar refractivity (Wildman–Crippen MR) is 96.6 cm³/mol. The van der Waals surface area contributed by atoms with Crippen LogP contribution in [-0.4, -0.2) is 23.6 Å². The van der Waals surface area contributed by atoms with Gasteiger partial charge < -0.3 is 9.84 Å². The van der Waals surface area contributed by atoms with Crippen molar-refractivity contribution in [2.24, 2.45) is 0 Å². The first-order valence-corrected chi connectivity index (χ1v) is 7.87. The Balaban J connectivity index is 2.19. The number of rotatable bonds is 7. The molecule has 2 aromatic carbocycles. The highest BCUT2D eigenvalue weighted by atomic mass is 19.3. The van der Waals surface area contributed by atoms with Crippen LogP contribution in [0.1, 0.15) is 27.0 Å². The molecule has 0 amide bonds. The number of allylic oxidation sites excluding steroid dienone is 1. The van der Waals surface area contributed by atoms with Crippen molar-refractivity contribution >= 4 is 12.0 Å². The number of hydrogen-bond donors (Lipinski definition) is 1. The summed E-state index contributed by atoms with van der Waals surface area (Å²) in [6.45, 7) is 1.92. The third kappa shape index (κ3) is 5.18. The molecule has 0 unspecified atom stereocenters. The maximum absolute atomic E-state index is 14.3. The zero-order chi connectivity index (χ0) is 19.2. The highest BCUT2D eigenvalue weighted by Crippen LogP contribution is 2.26. The third-order valence-corrected chi connectivity index (χ3v) is 3.72. The van der Waals surface area contributed by atoms with Crippen LogP contribution in [0.5, 0.6) is 5.75 Å². The van der Waals surface area contributed by atoms with Gasteiger partial charge in [0.2, 0.25) is 0 Å². The number of aromatic carboxylic acids is 1. The lowest BCUT2D eigenvalue weighted by atomic mass is 10.00. The topological polar surface area (TPSA) is 46.5 Å². The minimum atomic E-state index is -3.20. The van der Waals surface area contributed by atoms with E-state index in [1.165, 1.54) is 30.3 Å². The highest BCUT2D eigenvalue weighted by Gasteiger charge is 2.27. The Morgan fingerprint density at radius 2 is 2.04 bits per heavy atom. The predicted octanol–water partition coefficient (Wildman–Crippen LogP) is 4.60. The molecule has 0 saturated carbocycles. The van der Waals surface area contributed by atoms with Crippen LogP contribution in [0.2, 0.25) is 0 Å². The SMILES string of the molecule is C#CCOc1cc(/C=C/C(F)(F)Cc2ccccc2C(=O)O)ccc1C. The van der Waals surface area contributed by atoms with Gasteiger partial charge in [-0.2, -0.15) is 0 Å². The molecule has 5 heteroatoms. The number of aryl methyl sites for hydroxylation is 1. The zero-order valence-electron chi connectivity index (χ0n) is 14.2. The van der Waals surface area contributed by atoms with Gasteiger partial charge in [-0.15, -0.1) is 6.42 Å². The molecule has 0 aromatic heterocycles. The van der Waals surface area contributed by atoms with Gasteiger partial charge in [-0.1, -0.05) is 42.3 Å². The zero-order valence-corrected chi connectivity index (χ0v) is 14.2. The van der Waals surface area contributed by atoms with Crippen LogP contribution in [0.4, 0.5) is 8.78 Å². The second-order valence-corrected chi connectivity index (χ2v) is 5.75. The average Bonchev–Trinajstić information content (AvgIpc) is 2.60. The first kappa shape index (κ1) is 19.2. The number of hydrogen-bond acceptors (Lipinski definition) is 2. The normalized spacial score (nSPS) is 11.3.